The molecule has 0 bridgehead atoms. The molecular formula is C62H51Br5ClN5O6S4. The average molecular weight is 1530 g/mol. The van der Waals surface area contributed by atoms with Crippen LogP contribution in [0.2, 0.25) is 5.02 Å². The van der Waals surface area contributed by atoms with Crippen LogP contribution in [-0.2, 0) is 19.1 Å². The molecule has 3 aliphatic rings. The molecule has 3 aliphatic carbocycles. The summed E-state index contributed by atoms with van der Waals surface area (Å²) in [5.74, 6) is -1.49. The second-order valence-electron chi connectivity index (χ2n) is 19.6. The number of esters is 1. The molecule has 0 radical (unpaired) electrons. The number of carbonyl (C=O) groups excluding carboxylic acids is 1. The van der Waals surface area contributed by atoms with Gasteiger partial charge in [0.25, 0.3) is 0 Å². The molecule has 3 N–H and O–H groups in total. The molecular weight excluding hydrogens is 1470 g/mol. The molecule has 3 fully saturated rings. The average Bonchev–Trinajstić information content (AvgIpc) is 3.62. The summed E-state index contributed by atoms with van der Waals surface area (Å²) >= 11 is 32.9. The number of carboxylic acid groups (broad SMARTS) is 2. The zero-order valence-electron chi connectivity index (χ0n) is 44.2. The van der Waals surface area contributed by atoms with Crippen LogP contribution in [0.5, 0.6) is 0 Å². The van der Waals surface area contributed by atoms with Crippen LogP contribution in [0.1, 0.15) is 64.7 Å². The molecule has 13 rings (SSSR count). The number of halogens is 6. The minimum atomic E-state index is -0.705. The number of aromatic amines is 1. The highest BCUT2D eigenvalue weighted by Gasteiger charge is 2.48. The van der Waals surface area contributed by atoms with E-state index in [9.17, 15) is 24.6 Å². The lowest BCUT2D eigenvalue weighted by Gasteiger charge is -2.38. The van der Waals surface area contributed by atoms with E-state index >= 15 is 0 Å². The third-order valence-electron chi connectivity index (χ3n) is 14.2. The van der Waals surface area contributed by atoms with Crippen molar-refractivity contribution in [2.24, 2.45) is 0 Å². The van der Waals surface area contributed by atoms with Crippen LogP contribution >= 0.6 is 139 Å². The molecule has 3 saturated carbocycles. The fourth-order valence-electron chi connectivity index (χ4n) is 9.23. The van der Waals surface area contributed by atoms with Crippen molar-refractivity contribution in [2.75, 3.05) is 6.61 Å². The van der Waals surface area contributed by atoms with Crippen LogP contribution < -0.4 is 0 Å². The highest BCUT2D eigenvalue weighted by molar-refractivity contribution is 9.11. The van der Waals surface area contributed by atoms with Crippen molar-refractivity contribution in [1.29, 1.82) is 0 Å². The summed E-state index contributed by atoms with van der Waals surface area (Å²) in [6.07, 6.45) is 16.7. The maximum absolute atomic E-state index is 12.3. The first kappa shape index (κ1) is 63.0. The number of aromatic nitrogens is 5. The monoisotopic (exact) mass is 1520 g/mol. The van der Waals surface area contributed by atoms with Crippen molar-refractivity contribution in [3.8, 4) is 0 Å². The molecule has 0 saturated heterocycles. The van der Waals surface area contributed by atoms with E-state index in [0.717, 1.165) is 159 Å². The smallest absolute Gasteiger partial charge is 0.322 e. The predicted molar refractivity (Wildman–Crippen MR) is 359 cm³/mol. The normalized spacial score (nSPS) is 15.0. The largest absolute Gasteiger partial charge is 0.480 e. The Labute approximate surface area is 544 Å². The van der Waals surface area contributed by atoms with Crippen LogP contribution in [0.25, 0.3) is 54.5 Å². The molecule has 426 valence electrons. The van der Waals surface area contributed by atoms with Gasteiger partial charge >= 0.3 is 17.9 Å². The Morgan fingerprint density at radius 3 is 1.24 bits per heavy atom. The van der Waals surface area contributed by atoms with Crippen LogP contribution in [0, 0.1) is 4.51 Å². The Morgan fingerprint density at radius 2 is 0.867 bits per heavy atom. The molecule has 0 unspecified atom stereocenters. The van der Waals surface area contributed by atoms with Crippen LogP contribution in [0.3, 0.4) is 0 Å². The first-order valence-corrected chi connectivity index (χ1v) is 33.4. The third kappa shape index (κ3) is 15.2. The molecule has 0 atom stereocenters. The Kier molecular flexibility index (Phi) is 21.5. The number of carboxylic acids is 2. The first-order chi connectivity index (χ1) is 39.9. The molecule has 83 heavy (non-hydrogen) atoms. The zero-order valence-corrected chi connectivity index (χ0v) is 56.2. The number of carbonyl (C=O) groups is 3. The molecule has 5 aromatic carbocycles. The van der Waals surface area contributed by atoms with Gasteiger partial charge in [0.15, 0.2) is 0 Å². The van der Waals surface area contributed by atoms with E-state index < -0.39 is 26.2 Å². The van der Waals surface area contributed by atoms with E-state index in [1.54, 1.807) is 42.6 Å². The lowest BCUT2D eigenvalue weighted by atomic mass is 9.84. The molecule has 11 nitrogen and oxygen atoms in total. The number of nitrogens with one attached hydrogen (secondary N) is 1. The van der Waals surface area contributed by atoms with Crippen molar-refractivity contribution < 1.29 is 29.3 Å². The summed E-state index contributed by atoms with van der Waals surface area (Å²) in [5.41, 5.74) is 4.74. The van der Waals surface area contributed by atoms with Gasteiger partial charge in [-0.25, -0.2) is 0 Å². The molecule has 21 heteroatoms. The number of benzene rings is 5. The Balaban J connectivity index is 0.000000127. The van der Waals surface area contributed by atoms with Gasteiger partial charge in [0.1, 0.15) is 14.2 Å². The van der Waals surface area contributed by atoms with Crippen molar-refractivity contribution in [3.63, 3.8) is 0 Å². The second kappa shape index (κ2) is 28.4. The number of aliphatic carboxylic acids is 2. The highest BCUT2D eigenvalue weighted by Crippen LogP contribution is 2.52. The van der Waals surface area contributed by atoms with Crippen molar-refractivity contribution in [1.82, 2.24) is 24.9 Å². The van der Waals surface area contributed by atoms with E-state index in [1.807, 2.05) is 122 Å². The molecule has 5 heterocycles. The summed E-state index contributed by atoms with van der Waals surface area (Å²) in [5, 5.41) is 24.7. The zero-order chi connectivity index (χ0) is 58.9. The van der Waals surface area contributed by atoms with Gasteiger partial charge < -0.3 is 19.9 Å². The number of pyridine rings is 5. The molecule has 0 aliphatic heterocycles. The number of thioether (sulfide) groups is 3. The molecule has 0 amide bonds. The predicted octanol–water partition coefficient (Wildman–Crippen LogP) is 20.1. The van der Waals surface area contributed by atoms with Crippen molar-refractivity contribution in [3.05, 3.63) is 184 Å². The lowest BCUT2D eigenvalue weighted by molar-refractivity contribution is -0.148. The number of hydrogen-bond acceptors (Lipinski definition) is 12. The summed E-state index contributed by atoms with van der Waals surface area (Å²) in [6.45, 7) is 2.29. The van der Waals surface area contributed by atoms with Crippen LogP contribution in [0.4, 0.5) is 0 Å². The SMILES string of the molecule is CCOC(=O)C1(Sc2ccnc3ccc(Br)cc23)CCC1.Clc1ccnc2ccc(Br)cc12.O=C(O)C1(Sc2ccnc3ccc(Br)cc23)CCC1.O=C(O)C1(Sc2ccnc3ccc(Br)cc23)CCC1.S=c1cc[nH]c2ccc(Br)cc12. The van der Waals surface area contributed by atoms with E-state index in [0.29, 0.717) is 6.61 Å². The van der Waals surface area contributed by atoms with E-state index in [2.05, 4.69) is 111 Å². The first-order valence-electron chi connectivity index (χ1n) is 26.2. The van der Waals surface area contributed by atoms with Gasteiger partial charge in [-0.3, -0.25) is 34.3 Å². The Bertz CT molecular complexity index is 4000. The minimum absolute atomic E-state index is 0.0822. The Morgan fingerprint density at radius 1 is 0.518 bits per heavy atom. The number of hydrogen-bond donors (Lipinski definition) is 3. The maximum atomic E-state index is 12.3. The minimum Gasteiger partial charge on any atom is -0.480 e. The van der Waals surface area contributed by atoms with Gasteiger partial charge in [-0.1, -0.05) is 103 Å². The van der Waals surface area contributed by atoms with Crippen LogP contribution in [0.15, 0.2) is 189 Å². The van der Waals surface area contributed by atoms with E-state index in [1.165, 1.54) is 23.5 Å². The standard InChI is InChI=1S/C16H16BrNO2S.2C14H12BrNO2S.C9H5BrClN.C9H6BrNS/c1-2-20-15(19)16(7-3-8-16)21-14-6-9-18-13-5-4-11(17)10-12(13)14;2*15-9-2-3-11-10(8-9)12(4-7-16-11)19-14(13(17)18)5-1-6-14;10-6-1-2-9-7(5-6)8(11)3-4-12-9;10-6-1-2-8-7(5-6)9(12)3-4-11-8/h4-6,9-10H,2-3,7-8H2,1H3;2*2-4,7-8H,1,5-6H2,(H,17,18);1-5H;1-5H,(H,11,12). The van der Waals surface area contributed by atoms with E-state index in [-0.39, 0.29) is 5.97 Å². The summed E-state index contributed by atoms with van der Waals surface area (Å²) in [4.78, 5) is 58.6. The lowest BCUT2D eigenvalue weighted by Crippen LogP contribution is -2.43. The second-order valence-corrected chi connectivity index (χ2v) is 29.3. The summed E-state index contributed by atoms with van der Waals surface area (Å²) in [7, 11) is 0. The van der Waals surface area contributed by atoms with Gasteiger partial charge in [-0.2, -0.15) is 0 Å². The van der Waals surface area contributed by atoms with Gasteiger partial charge in [0.2, 0.25) is 0 Å². The van der Waals surface area contributed by atoms with Gasteiger partial charge in [-0.05, 0) is 186 Å². The topological polar surface area (TPSA) is 168 Å². The quantitative estimate of drug-likeness (QED) is 0.0874. The number of H-pyrrole nitrogens is 1. The van der Waals surface area contributed by atoms with Gasteiger partial charge in [-0.15, -0.1) is 35.3 Å². The summed E-state index contributed by atoms with van der Waals surface area (Å²) in [6, 6.07) is 39.1. The fraction of sp³-hybridized carbons (Fsp3) is 0.226. The number of nitrogens with zero attached hydrogens (tertiary/aromatic N) is 4. The number of fused-ring (bicyclic) bond motifs is 5. The van der Waals surface area contributed by atoms with E-state index in [4.69, 9.17) is 28.6 Å². The fourth-order valence-corrected chi connectivity index (χ4v) is 15.7. The number of ether oxygens (including phenoxy) is 1. The van der Waals surface area contributed by atoms with Crippen LogP contribution in [-0.4, -0.2) is 73.9 Å². The van der Waals surface area contributed by atoms with Gasteiger partial charge in [0.05, 0.1) is 33.7 Å². The van der Waals surface area contributed by atoms with Crippen molar-refractivity contribution >= 4 is 211 Å². The summed E-state index contributed by atoms with van der Waals surface area (Å²) < 4.78 is 9.51. The Hall–Kier alpha value is -4.48. The highest BCUT2D eigenvalue weighted by atomic mass is 79.9. The maximum Gasteiger partial charge on any atom is 0.322 e. The molecule has 10 aromatic rings. The molecule has 5 aromatic heterocycles. The number of rotatable bonds is 10. The molecule has 0 spiro atoms. The third-order valence-corrected chi connectivity index (χ3v) is 22.0. The van der Waals surface area contributed by atoms with Crippen molar-refractivity contribution in [2.45, 2.75) is 93.6 Å². The van der Waals surface area contributed by atoms with Gasteiger partial charge in [0, 0.05) is 105 Å².